The summed E-state index contributed by atoms with van der Waals surface area (Å²) < 4.78 is 49.3. The number of benzene rings is 2. The van der Waals surface area contributed by atoms with E-state index in [1.54, 1.807) is 25.3 Å². The number of hydrogen-bond donors (Lipinski definition) is 0. The van der Waals surface area contributed by atoms with E-state index in [4.69, 9.17) is 4.74 Å². The van der Waals surface area contributed by atoms with E-state index in [1.807, 2.05) is 0 Å². The van der Waals surface area contributed by atoms with Gasteiger partial charge in [0.15, 0.2) is 0 Å². The molecule has 3 nitrogen and oxygen atoms in total. The highest BCUT2D eigenvalue weighted by atomic mass is 19.1. The van der Waals surface area contributed by atoms with Gasteiger partial charge < -0.3 is 4.74 Å². The smallest absolute Gasteiger partial charge is 0.139 e. The molecule has 3 rings (SSSR count). The second-order valence-corrected chi connectivity index (χ2v) is 5.60. The second-order valence-electron chi connectivity index (χ2n) is 5.60. The first-order chi connectivity index (χ1) is 11.9. The Labute approximate surface area is 143 Å². The van der Waals surface area contributed by atoms with E-state index in [1.165, 1.54) is 24.3 Å². The molecule has 2 aromatic carbocycles. The van der Waals surface area contributed by atoms with Gasteiger partial charge in [0.2, 0.25) is 0 Å². The van der Waals surface area contributed by atoms with Crippen molar-refractivity contribution in [2.45, 2.75) is 20.8 Å². The summed E-state index contributed by atoms with van der Waals surface area (Å²) in [6.07, 6.45) is 0. The van der Waals surface area contributed by atoms with Crippen LogP contribution in [0.4, 0.5) is 13.2 Å². The molecule has 1 aromatic heterocycles. The summed E-state index contributed by atoms with van der Waals surface area (Å²) in [7, 11) is 0. The van der Waals surface area contributed by atoms with E-state index in [2.05, 4.69) is 4.98 Å². The van der Waals surface area contributed by atoms with Crippen molar-refractivity contribution in [1.29, 1.82) is 0 Å². The molecule has 0 aliphatic carbocycles. The van der Waals surface area contributed by atoms with Crippen molar-refractivity contribution in [2.24, 2.45) is 0 Å². The fraction of sp³-hybridized carbons (Fsp3) is 0.211. The number of halogens is 3. The Bertz CT molecular complexity index is 894. The predicted molar refractivity (Wildman–Crippen MR) is 89.5 cm³/mol. The van der Waals surface area contributed by atoms with Crippen molar-refractivity contribution >= 4 is 0 Å². The molecule has 25 heavy (non-hydrogen) atoms. The average Bonchev–Trinajstić information content (AvgIpc) is 2.82. The zero-order valence-electron chi connectivity index (χ0n) is 14.1. The largest absolute Gasteiger partial charge is 0.494 e. The molecular formula is C19H17F3N2O. The highest BCUT2D eigenvalue weighted by Gasteiger charge is 2.22. The fourth-order valence-electron chi connectivity index (χ4n) is 2.89. The normalized spacial score (nSPS) is 11.0. The van der Waals surface area contributed by atoms with Crippen LogP contribution in [0.2, 0.25) is 0 Å². The van der Waals surface area contributed by atoms with Gasteiger partial charge in [0.25, 0.3) is 0 Å². The van der Waals surface area contributed by atoms with Gasteiger partial charge in [0, 0.05) is 17.8 Å². The van der Waals surface area contributed by atoms with Crippen molar-refractivity contribution in [3.05, 3.63) is 65.4 Å². The van der Waals surface area contributed by atoms with Crippen LogP contribution < -0.4 is 4.74 Å². The van der Waals surface area contributed by atoms with Crippen molar-refractivity contribution in [2.75, 3.05) is 6.61 Å². The molecule has 130 valence electrons. The van der Waals surface area contributed by atoms with Crippen LogP contribution in [0.5, 0.6) is 5.75 Å². The summed E-state index contributed by atoms with van der Waals surface area (Å²) in [5.41, 5.74) is 1.15. The van der Waals surface area contributed by atoms with Crippen LogP contribution in [0, 0.1) is 31.3 Å². The topological polar surface area (TPSA) is 27.1 Å². The monoisotopic (exact) mass is 346 g/mol. The van der Waals surface area contributed by atoms with Gasteiger partial charge in [-0.2, -0.15) is 0 Å². The molecule has 0 N–H and O–H groups in total. The van der Waals surface area contributed by atoms with Crippen LogP contribution in [0.1, 0.15) is 18.4 Å². The third kappa shape index (κ3) is 3.12. The first kappa shape index (κ1) is 17.1. The van der Waals surface area contributed by atoms with Gasteiger partial charge in [-0.1, -0.05) is 0 Å². The average molecular weight is 346 g/mol. The van der Waals surface area contributed by atoms with E-state index >= 15 is 0 Å². The summed E-state index contributed by atoms with van der Waals surface area (Å²) in [6, 6.07) is 7.96. The first-order valence-corrected chi connectivity index (χ1v) is 7.86. The van der Waals surface area contributed by atoms with Gasteiger partial charge in [0.05, 0.1) is 23.6 Å². The molecule has 0 fully saturated rings. The molecule has 0 unspecified atom stereocenters. The lowest BCUT2D eigenvalue weighted by Crippen LogP contribution is -2.04. The van der Waals surface area contributed by atoms with Gasteiger partial charge in [-0.3, -0.25) is 4.57 Å². The van der Waals surface area contributed by atoms with Crippen molar-refractivity contribution in [3.8, 4) is 22.7 Å². The molecule has 0 aliphatic heterocycles. The molecule has 3 aromatic rings. The summed E-state index contributed by atoms with van der Waals surface area (Å²) in [5.74, 6) is -1.20. The van der Waals surface area contributed by atoms with Crippen molar-refractivity contribution in [1.82, 2.24) is 9.55 Å². The lowest BCUT2D eigenvalue weighted by Gasteiger charge is -2.14. The maximum Gasteiger partial charge on any atom is 0.139 e. The Morgan fingerprint density at radius 3 is 2.16 bits per heavy atom. The van der Waals surface area contributed by atoms with Gasteiger partial charge in [-0.25, -0.2) is 18.2 Å². The maximum absolute atomic E-state index is 14.6. The molecule has 0 saturated heterocycles. The molecule has 6 heteroatoms. The van der Waals surface area contributed by atoms with Gasteiger partial charge in [0.1, 0.15) is 29.0 Å². The van der Waals surface area contributed by atoms with Crippen LogP contribution in [-0.2, 0) is 0 Å². The van der Waals surface area contributed by atoms with E-state index in [0.29, 0.717) is 29.5 Å². The van der Waals surface area contributed by atoms with E-state index in [9.17, 15) is 13.2 Å². The number of nitrogens with zero attached hydrogens (tertiary/aromatic N) is 2. The molecular weight excluding hydrogens is 329 g/mol. The molecule has 0 aliphatic rings. The Hall–Kier alpha value is -2.76. The molecule has 0 amide bonds. The summed E-state index contributed by atoms with van der Waals surface area (Å²) in [5, 5.41) is 0. The molecule has 0 atom stereocenters. The molecule has 0 bridgehead atoms. The predicted octanol–water partition coefficient (Wildman–Crippen LogP) is 4.97. The second kappa shape index (κ2) is 6.63. The Morgan fingerprint density at radius 1 is 1.00 bits per heavy atom. The van der Waals surface area contributed by atoms with Crippen LogP contribution in [-0.4, -0.2) is 16.2 Å². The lowest BCUT2D eigenvalue weighted by molar-refractivity contribution is 0.336. The number of hydrogen-bond acceptors (Lipinski definition) is 2. The van der Waals surface area contributed by atoms with Crippen molar-refractivity contribution in [3.63, 3.8) is 0 Å². The fourth-order valence-corrected chi connectivity index (χ4v) is 2.89. The number of aromatic nitrogens is 2. The van der Waals surface area contributed by atoms with Crippen LogP contribution >= 0.6 is 0 Å². The quantitative estimate of drug-likeness (QED) is 0.667. The van der Waals surface area contributed by atoms with E-state index < -0.39 is 17.5 Å². The van der Waals surface area contributed by atoms with Crippen LogP contribution in [0.25, 0.3) is 16.9 Å². The SMILES string of the molecule is CCOc1cc(F)c(-c2c(C)nc(C)n2-c2ccc(F)cc2)c(F)c1. The van der Waals surface area contributed by atoms with Crippen LogP contribution in [0.3, 0.4) is 0 Å². The third-order valence-corrected chi connectivity index (χ3v) is 3.87. The number of rotatable bonds is 4. The van der Waals surface area contributed by atoms with Gasteiger partial charge in [-0.15, -0.1) is 0 Å². The van der Waals surface area contributed by atoms with Gasteiger partial charge >= 0.3 is 0 Å². The van der Waals surface area contributed by atoms with E-state index in [-0.39, 0.29) is 11.3 Å². The zero-order chi connectivity index (χ0) is 18.1. The summed E-state index contributed by atoms with van der Waals surface area (Å²) in [6.45, 7) is 5.45. The maximum atomic E-state index is 14.6. The molecule has 0 radical (unpaired) electrons. The number of ether oxygens (including phenoxy) is 1. The first-order valence-electron chi connectivity index (χ1n) is 7.86. The molecule has 1 heterocycles. The Kier molecular flexibility index (Phi) is 4.53. The highest BCUT2D eigenvalue weighted by Crippen LogP contribution is 2.34. The number of aryl methyl sites for hydroxylation is 2. The Morgan fingerprint density at radius 2 is 1.60 bits per heavy atom. The standard InChI is InChI=1S/C19H17F3N2O/c1-4-25-15-9-16(21)18(17(22)10-15)19-11(2)23-12(3)24(19)14-7-5-13(20)6-8-14/h5-10H,4H2,1-3H3. The third-order valence-electron chi connectivity index (χ3n) is 3.87. The number of imidazole rings is 1. The Balaban J connectivity index is 2.23. The zero-order valence-corrected chi connectivity index (χ0v) is 14.1. The highest BCUT2D eigenvalue weighted by molar-refractivity contribution is 5.68. The minimum Gasteiger partial charge on any atom is -0.494 e. The lowest BCUT2D eigenvalue weighted by atomic mass is 10.1. The van der Waals surface area contributed by atoms with Gasteiger partial charge in [-0.05, 0) is 45.0 Å². The van der Waals surface area contributed by atoms with Crippen molar-refractivity contribution < 1.29 is 17.9 Å². The summed E-state index contributed by atoms with van der Waals surface area (Å²) >= 11 is 0. The molecule has 0 saturated carbocycles. The summed E-state index contributed by atoms with van der Waals surface area (Å²) in [4.78, 5) is 4.33. The van der Waals surface area contributed by atoms with Crippen LogP contribution in [0.15, 0.2) is 36.4 Å². The molecule has 0 spiro atoms. The minimum absolute atomic E-state index is 0.128. The van der Waals surface area contributed by atoms with E-state index in [0.717, 1.165) is 12.1 Å². The minimum atomic E-state index is -0.741.